The van der Waals surface area contributed by atoms with Gasteiger partial charge in [0.05, 0.1) is 6.54 Å². The third-order valence-electron chi connectivity index (χ3n) is 5.21. The Morgan fingerprint density at radius 3 is 2.32 bits per heavy atom. The number of H-pyrrole nitrogens is 2. The van der Waals surface area contributed by atoms with Crippen molar-refractivity contribution in [1.82, 2.24) is 19.9 Å². The number of carbonyl (C=O) groups is 1. The van der Waals surface area contributed by atoms with Gasteiger partial charge in [0.15, 0.2) is 0 Å². The minimum atomic E-state index is -5.05. The van der Waals surface area contributed by atoms with Gasteiger partial charge in [-0.1, -0.05) is 42.5 Å². The third-order valence-corrected chi connectivity index (χ3v) is 5.21. The lowest BCUT2D eigenvalue weighted by atomic mass is 10.0. The van der Waals surface area contributed by atoms with Gasteiger partial charge in [0.1, 0.15) is 11.4 Å². The number of alkyl halides is 3. The Labute approximate surface area is 206 Å². The van der Waals surface area contributed by atoms with E-state index in [1.807, 2.05) is 4.98 Å². The molecule has 190 valence electrons. The maximum atomic E-state index is 13.6. The molecular weight excluding hydrogens is 496 g/mol. The third kappa shape index (κ3) is 6.69. The molecule has 0 aliphatic rings. The van der Waals surface area contributed by atoms with Gasteiger partial charge in [0.25, 0.3) is 11.5 Å². The molecule has 2 heterocycles. The number of ether oxygens (including phenoxy) is 1. The van der Waals surface area contributed by atoms with Crippen LogP contribution in [-0.4, -0.2) is 32.1 Å². The number of halogens is 4. The summed E-state index contributed by atoms with van der Waals surface area (Å²) in [7, 11) is 0. The average Bonchev–Trinajstić information content (AvgIpc) is 2.83. The maximum Gasteiger partial charge on any atom is 0.573 e. The molecule has 0 saturated heterocycles. The number of hydrogen-bond acceptors (Lipinski definition) is 5. The molecule has 0 bridgehead atoms. The van der Waals surface area contributed by atoms with E-state index < -0.39 is 35.2 Å². The first kappa shape index (κ1) is 25.4. The van der Waals surface area contributed by atoms with Crippen LogP contribution in [-0.2, 0) is 13.1 Å². The highest BCUT2D eigenvalue weighted by Gasteiger charge is 2.33. The Balaban J connectivity index is 1.75. The highest BCUT2D eigenvalue weighted by atomic mass is 19.4. The van der Waals surface area contributed by atoms with Gasteiger partial charge in [0, 0.05) is 30.4 Å². The molecule has 4 aromatic rings. The number of pyridine rings is 1. The van der Waals surface area contributed by atoms with E-state index in [0.29, 0.717) is 5.56 Å². The van der Waals surface area contributed by atoms with E-state index in [9.17, 15) is 31.9 Å². The summed E-state index contributed by atoms with van der Waals surface area (Å²) in [5, 5.41) is 0. The van der Waals surface area contributed by atoms with Crippen molar-refractivity contribution in [3.05, 3.63) is 117 Å². The quantitative estimate of drug-likeness (QED) is 0.286. The van der Waals surface area contributed by atoms with Crippen LogP contribution in [0.3, 0.4) is 0 Å². The molecule has 0 saturated carbocycles. The van der Waals surface area contributed by atoms with E-state index in [1.165, 1.54) is 24.4 Å². The van der Waals surface area contributed by atoms with Crippen molar-refractivity contribution < 1.29 is 27.1 Å². The second-order valence-corrected chi connectivity index (χ2v) is 7.89. The van der Waals surface area contributed by atoms with Crippen molar-refractivity contribution in [2.45, 2.75) is 19.5 Å². The van der Waals surface area contributed by atoms with E-state index in [-0.39, 0.29) is 35.5 Å². The predicted octanol–water partition coefficient (Wildman–Crippen LogP) is 4.01. The van der Waals surface area contributed by atoms with E-state index in [0.717, 1.165) is 23.1 Å². The number of aromatic nitrogens is 3. The topological polar surface area (TPSA) is 108 Å². The van der Waals surface area contributed by atoms with Crippen LogP contribution < -0.4 is 16.0 Å². The summed E-state index contributed by atoms with van der Waals surface area (Å²) in [4.78, 5) is 45.5. The Morgan fingerprint density at radius 1 is 0.919 bits per heavy atom. The van der Waals surface area contributed by atoms with E-state index in [1.54, 1.807) is 30.3 Å². The van der Waals surface area contributed by atoms with Crippen molar-refractivity contribution in [1.29, 1.82) is 0 Å². The molecule has 37 heavy (non-hydrogen) atoms. The maximum absolute atomic E-state index is 13.6. The highest BCUT2D eigenvalue weighted by molar-refractivity contribution is 5.92. The second kappa shape index (κ2) is 10.5. The molecule has 8 nitrogen and oxygen atoms in total. The van der Waals surface area contributed by atoms with Gasteiger partial charge in [-0.3, -0.25) is 14.6 Å². The fraction of sp³-hybridized carbons (Fsp3) is 0.120. The molecule has 0 fully saturated rings. The smallest absolute Gasteiger partial charge is 0.405 e. The van der Waals surface area contributed by atoms with Gasteiger partial charge in [-0.25, -0.2) is 9.78 Å². The van der Waals surface area contributed by atoms with Crippen LogP contribution >= 0.6 is 0 Å². The van der Waals surface area contributed by atoms with Gasteiger partial charge in [-0.2, -0.15) is 4.39 Å². The molecule has 0 unspecified atom stereocenters. The fourth-order valence-electron chi connectivity index (χ4n) is 3.63. The Kier molecular flexibility index (Phi) is 7.18. The zero-order chi connectivity index (χ0) is 26.6. The Hall–Kier alpha value is -4.74. The van der Waals surface area contributed by atoms with Crippen LogP contribution in [0.4, 0.5) is 17.6 Å². The van der Waals surface area contributed by atoms with Crippen LogP contribution in [0, 0.1) is 5.95 Å². The zero-order valence-corrected chi connectivity index (χ0v) is 18.9. The standard InChI is InChI=1S/C25H18F4N4O4/c26-21-11-17(8-9-30-21)16-6-7-18(20(10-16)37-25(27,28)29)14-33(13-15-4-2-1-3-5-15)23(35)19-12-22(34)32-24(36)31-19/h1-12H,13-14H2,(H2,31,32,34,36). The van der Waals surface area contributed by atoms with Crippen LogP contribution in [0.2, 0.25) is 0 Å². The van der Waals surface area contributed by atoms with Crippen molar-refractivity contribution in [3.63, 3.8) is 0 Å². The zero-order valence-electron chi connectivity index (χ0n) is 18.9. The molecule has 2 aromatic carbocycles. The molecule has 2 N–H and O–H groups in total. The number of benzene rings is 2. The largest absolute Gasteiger partial charge is 0.573 e. The van der Waals surface area contributed by atoms with E-state index >= 15 is 0 Å². The monoisotopic (exact) mass is 514 g/mol. The summed E-state index contributed by atoms with van der Waals surface area (Å²) in [6.45, 7) is -0.434. The molecular formula is C25H18F4N4O4. The number of aromatic amines is 2. The number of amides is 1. The van der Waals surface area contributed by atoms with Crippen molar-refractivity contribution >= 4 is 5.91 Å². The van der Waals surface area contributed by atoms with E-state index in [4.69, 9.17) is 0 Å². The molecule has 0 aliphatic carbocycles. The summed E-state index contributed by atoms with van der Waals surface area (Å²) >= 11 is 0. The summed E-state index contributed by atoms with van der Waals surface area (Å²) in [5.41, 5.74) is -0.954. The normalized spacial score (nSPS) is 11.2. The molecule has 4 rings (SSSR count). The highest BCUT2D eigenvalue weighted by Crippen LogP contribution is 2.33. The second-order valence-electron chi connectivity index (χ2n) is 7.89. The van der Waals surface area contributed by atoms with Crippen LogP contribution in [0.1, 0.15) is 21.6 Å². The van der Waals surface area contributed by atoms with Crippen molar-refractivity contribution in [3.8, 4) is 16.9 Å². The first-order valence-electron chi connectivity index (χ1n) is 10.7. The van der Waals surface area contributed by atoms with Gasteiger partial charge < -0.3 is 14.6 Å². The summed E-state index contributed by atoms with van der Waals surface area (Å²) < 4.78 is 57.6. The lowest BCUT2D eigenvalue weighted by Gasteiger charge is -2.24. The summed E-state index contributed by atoms with van der Waals surface area (Å²) in [6, 6.07) is 15.8. The SMILES string of the molecule is O=C(c1cc(=O)[nH]c(=O)[nH]1)N(Cc1ccccc1)Cc1ccc(-c2ccnc(F)c2)cc1OC(F)(F)F. The molecule has 1 amide bonds. The molecule has 2 aromatic heterocycles. The predicted molar refractivity (Wildman–Crippen MR) is 124 cm³/mol. The number of nitrogens with one attached hydrogen (secondary N) is 2. The lowest BCUT2D eigenvalue weighted by Crippen LogP contribution is -2.34. The first-order chi connectivity index (χ1) is 17.6. The van der Waals surface area contributed by atoms with Gasteiger partial charge in [-0.15, -0.1) is 13.2 Å². The lowest BCUT2D eigenvalue weighted by molar-refractivity contribution is -0.274. The Bertz CT molecular complexity index is 1510. The van der Waals surface area contributed by atoms with Crippen LogP contribution in [0.15, 0.2) is 82.5 Å². The van der Waals surface area contributed by atoms with Crippen molar-refractivity contribution in [2.24, 2.45) is 0 Å². The minimum Gasteiger partial charge on any atom is -0.405 e. The summed E-state index contributed by atoms with van der Waals surface area (Å²) in [5.74, 6) is -2.22. The van der Waals surface area contributed by atoms with E-state index in [2.05, 4.69) is 14.7 Å². The van der Waals surface area contributed by atoms with Crippen molar-refractivity contribution in [2.75, 3.05) is 0 Å². The fourth-order valence-corrected chi connectivity index (χ4v) is 3.63. The summed E-state index contributed by atoms with van der Waals surface area (Å²) in [6.07, 6.45) is -3.88. The number of nitrogens with zero attached hydrogens (tertiary/aromatic N) is 2. The van der Waals surface area contributed by atoms with Crippen LogP contribution in [0.25, 0.3) is 11.1 Å². The number of rotatable bonds is 7. The number of hydrogen-bond donors (Lipinski definition) is 2. The first-order valence-corrected chi connectivity index (χ1v) is 10.7. The van der Waals surface area contributed by atoms with Crippen LogP contribution in [0.5, 0.6) is 5.75 Å². The average molecular weight is 514 g/mol. The molecule has 0 atom stereocenters. The van der Waals surface area contributed by atoms with Gasteiger partial charge in [0.2, 0.25) is 5.95 Å². The van der Waals surface area contributed by atoms with Gasteiger partial charge >= 0.3 is 12.1 Å². The molecule has 0 radical (unpaired) electrons. The minimum absolute atomic E-state index is 0.0212. The molecule has 0 spiro atoms. The van der Waals surface area contributed by atoms with Gasteiger partial charge in [-0.05, 0) is 28.8 Å². The molecule has 12 heteroatoms. The number of carbonyl (C=O) groups excluding carboxylic acids is 1. The molecule has 0 aliphatic heterocycles. The Morgan fingerprint density at radius 2 is 1.65 bits per heavy atom.